The molecule has 1 heterocycles. The highest BCUT2D eigenvalue weighted by Crippen LogP contribution is 2.30. The number of nitrogens with zero attached hydrogens (tertiary/aromatic N) is 1. The van der Waals surface area contributed by atoms with Gasteiger partial charge < -0.3 is 14.2 Å². The third-order valence-electron chi connectivity index (χ3n) is 5.54. The lowest BCUT2D eigenvalue weighted by atomic mass is 10.1. The van der Waals surface area contributed by atoms with Gasteiger partial charge in [0.2, 0.25) is 0 Å². The maximum Gasteiger partial charge on any atom is 0.335 e. The van der Waals surface area contributed by atoms with Crippen LogP contribution in [0.4, 0.5) is 10.5 Å². The van der Waals surface area contributed by atoms with Crippen molar-refractivity contribution in [1.29, 1.82) is 0 Å². The first-order chi connectivity index (χ1) is 17.4. The quantitative estimate of drug-likeness (QED) is 0.368. The highest BCUT2D eigenvalue weighted by atomic mass is 16.5. The molecule has 0 saturated carbocycles. The van der Waals surface area contributed by atoms with Crippen LogP contribution in [0.2, 0.25) is 0 Å². The molecular weight excluding hydrogens is 460 g/mol. The molecule has 3 aromatic carbocycles. The number of urea groups is 1. The molecule has 0 unspecified atom stereocenters. The first-order valence-corrected chi connectivity index (χ1v) is 11.4. The zero-order valence-electron chi connectivity index (χ0n) is 20.2. The van der Waals surface area contributed by atoms with E-state index in [0.29, 0.717) is 35.1 Å². The Morgan fingerprint density at radius 3 is 2.25 bits per heavy atom. The number of imide groups is 2. The molecule has 4 amide bonds. The van der Waals surface area contributed by atoms with E-state index in [1.807, 2.05) is 38.1 Å². The minimum atomic E-state index is -0.822. The Kier molecular flexibility index (Phi) is 7.34. The number of ether oxygens (including phenoxy) is 3. The predicted molar refractivity (Wildman–Crippen MR) is 135 cm³/mol. The topological polar surface area (TPSA) is 94.2 Å². The minimum Gasteiger partial charge on any atom is -0.497 e. The number of nitrogens with one attached hydrogen (secondary N) is 1. The predicted octanol–water partition coefficient (Wildman–Crippen LogP) is 4.65. The van der Waals surface area contributed by atoms with E-state index in [9.17, 15) is 14.4 Å². The van der Waals surface area contributed by atoms with Gasteiger partial charge >= 0.3 is 6.03 Å². The van der Waals surface area contributed by atoms with Gasteiger partial charge in [-0.3, -0.25) is 14.9 Å². The molecule has 1 aliphatic heterocycles. The van der Waals surface area contributed by atoms with Crippen LogP contribution in [0.1, 0.15) is 23.6 Å². The zero-order chi connectivity index (χ0) is 25.7. The monoisotopic (exact) mass is 486 g/mol. The lowest BCUT2D eigenvalue weighted by molar-refractivity contribution is -0.122. The molecule has 8 heteroatoms. The molecule has 1 fully saturated rings. The number of benzene rings is 3. The van der Waals surface area contributed by atoms with Gasteiger partial charge in [-0.15, -0.1) is 0 Å². The Labute approximate surface area is 209 Å². The van der Waals surface area contributed by atoms with Crippen LogP contribution >= 0.6 is 0 Å². The van der Waals surface area contributed by atoms with Crippen LogP contribution in [-0.2, 0) is 16.2 Å². The summed E-state index contributed by atoms with van der Waals surface area (Å²) in [6.45, 7) is 4.63. The van der Waals surface area contributed by atoms with E-state index in [4.69, 9.17) is 14.2 Å². The third-order valence-corrected chi connectivity index (χ3v) is 5.54. The highest BCUT2D eigenvalue weighted by Gasteiger charge is 2.37. The van der Waals surface area contributed by atoms with E-state index in [1.54, 1.807) is 42.5 Å². The second-order valence-electron chi connectivity index (χ2n) is 8.06. The molecule has 3 aromatic rings. The molecule has 0 spiro atoms. The Morgan fingerprint density at radius 2 is 1.58 bits per heavy atom. The third kappa shape index (κ3) is 5.38. The summed E-state index contributed by atoms with van der Waals surface area (Å²) in [5.41, 5.74) is 2.70. The largest absolute Gasteiger partial charge is 0.497 e. The summed E-state index contributed by atoms with van der Waals surface area (Å²) in [6, 6.07) is 18.6. The molecule has 1 N–H and O–H groups in total. The number of aryl methyl sites for hydroxylation is 1. The molecule has 8 nitrogen and oxygen atoms in total. The van der Waals surface area contributed by atoms with Crippen LogP contribution in [0.25, 0.3) is 6.08 Å². The van der Waals surface area contributed by atoms with Crippen molar-refractivity contribution >= 4 is 29.6 Å². The van der Waals surface area contributed by atoms with Gasteiger partial charge in [-0.2, -0.15) is 0 Å². The summed E-state index contributed by atoms with van der Waals surface area (Å²) in [5, 5.41) is 2.24. The van der Waals surface area contributed by atoms with E-state index in [-0.39, 0.29) is 12.2 Å². The maximum atomic E-state index is 13.3. The fraction of sp³-hybridized carbons (Fsp3) is 0.179. The average Bonchev–Trinajstić information content (AvgIpc) is 2.87. The summed E-state index contributed by atoms with van der Waals surface area (Å²) in [5.74, 6) is 0.0569. The Balaban J connectivity index is 1.65. The van der Waals surface area contributed by atoms with E-state index < -0.39 is 17.8 Å². The summed E-state index contributed by atoms with van der Waals surface area (Å²) < 4.78 is 16.8. The van der Waals surface area contributed by atoms with E-state index in [2.05, 4.69) is 5.32 Å². The van der Waals surface area contributed by atoms with Crippen molar-refractivity contribution in [2.24, 2.45) is 0 Å². The second kappa shape index (κ2) is 10.8. The van der Waals surface area contributed by atoms with E-state index in [1.165, 1.54) is 13.2 Å². The number of carbonyl (C=O) groups excluding carboxylic acids is 3. The van der Waals surface area contributed by atoms with Crippen molar-refractivity contribution in [2.45, 2.75) is 20.5 Å². The van der Waals surface area contributed by atoms with Gasteiger partial charge in [0.25, 0.3) is 11.8 Å². The van der Waals surface area contributed by atoms with Crippen molar-refractivity contribution < 1.29 is 28.6 Å². The summed E-state index contributed by atoms with van der Waals surface area (Å²) in [6.07, 6.45) is 1.41. The first kappa shape index (κ1) is 24.5. The van der Waals surface area contributed by atoms with Crippen molar-refractivity contribution in [3.05, 3.63) is 89.0 Å². The van der Waals surface area contributed by atoms with Crippen molar-refractivity contribution in [3.8, 4) is 17.2 Å². The minimum absolute atomic E-state index is 0.200. The van der Waals surface area contributed by atoms with Gasteiger partial charge in [0, 0.05) is 11.6 Å². The lowest BCUT2D eigenvalue weighted by Gasteiger charge is -2.26. The van der Waals surface area contributed by atoms with Crippen LogP contribution in [0.3, 0.4) is 0 Å². The van der Waals surface area contributed by atoms with Gasteiger partial charge in [-0.25, -0.2) is 9.69 Å². The van der Waals surface area contributed by atoms with E-state index in [0.717, 1.165) is 16.0 Å². The standard InChI is InChI=1S/C28H26N2O6/c1-4-35-22-13-10-21(11-14-22)30-27(32)24(26(31)29-28(30)33)15-20-9-12-23(34-3)16-25(20)36-17-19-7-5-18(2)6-8-19/h5-16H,4,17H2,1-3H3,(H,29,31,33)/b24-15+. The number of methoxy groups -OCH3 is 1. The molecule has 1 saturated heterocycles. The highest BCUT2D eigenvalue weighted by molar-refractivity contribution is 6.39. The Bertz CT molecular complexity index is 1310. The molecule has 1 aliphatic rings. The van der Waals surface area contributed by atoms with Gasteiger partial charge in [0.15, 0.2) is 0 Å². The molecule has 4 rings (SSSR count). The van der Waals surface area contributed by atoms with E-state index >= 15 is 0 Å². The molecule has 0 atom stereocenters. The van der Waals surface area contributed by atoms with Gasteiger partial charge in [0.05, 0.1) is 19.4 Å². The fourth-order valence-corrected chi connectivity index (χ4v) is 3.64. The average molecular weight is 487 g/mol. The van der Waals surface area contributed by atoms with Crippen LogP contribution in [0, 0.1) is 6.92 Å². The molecule has 0 aliphatic carbocycles. The lowest BCUT2D eigenvalue weighted by Crippen LogP contribution is -2.54. The summed E-state index contributed by atoms with van der Waals surface area (Å²) in [7, 11) is 1.54. The number of anilines is 1. The number of carbonyl (C=O) groups is 3. The number of amides is 4. The SMILES string of the molecule is CCOc1ccc(N2C(=O)NC(=O)/C(=C\c3ccc(OC)cc3OCc3ccc(C)cc3)C2=O)cc1. The second-order valence-corrected chi connectivity index (χ2v) is 8.06. The molecule has 0 bridgehead atoms. The number of hydrogen-bond donors (Lipinski definition) is 1. The zero-order valence-corrected chi connectivity index (χ0v) is 20.2. The smallest absolute Gasteiger partial charge is 0.335 e. The summed E-state index contributed by atoms with van der Waals surface area (Å²) in [4.78, 5) is 39.4. The van der Waals surface area contributed by atoms with Gasteiger partial charge in [0.1, 0.15) is 29.4 Å². The van der Waals surface area contributed by atoms with Crippen molar-refractivity contribution in [1.82, 2.24) is 5.32 Å². The van der Waals surface area contributed by atoms with Crippen LogP contribution < -0.4 is 24.4 Å². The summed E-state index contributed by atoms with van der Waals surface area (Å²) >= 11 is 0. The van der Waals surface area contributed by atoms with Crippen molar-refractivity contribution in [3.63, 3.8) is 0 Å². The van der Waals surface area contributed by atoms with Crippen LogP contribution in [-0.4, -0.2) is 31.6 Å². The maximum absolute atomic E-state index is 13.3. The molecule has 0 radical (unpaired) electrons. The molecule has 184 valence electrons. The van der Waals surface area contributed by atoms with Gasteiger partial charge in [-0.1, -0.05) is 29.8 Å². The van der Waals surface area contributed by atoms with Crippen LogP contribution in [0.15, 0.2) is 72.3 Å². The molecule has 36 heavy (non-hydrogen) atoms. The Hall–Kier alpha value is -4.59. The molecule has 0 aromatic heterocycles. The number of rotatable bonds is 8. The normalized spacial score (nSPS) is 14.6. The fourth-order valence-electron chi connectivity index (χ4n) is 3.64. The Morgan fingerprint density at radius 1 is 0.889 bits per heavy atom. The first-order valence-electron chi connectivity index (χ1n) is 11.4. The number of hydrogen-bond acceptors (Lipinski definition) is 6. The number of barbiturate groups is 1. The van der Waals surface area contributed by atoms with Crippen molar-refractivity contribution in [2.75, 3.05) is 18.6 Å². The molecular formula is C28H26N2O6. The van der Waals surface area contributed by atoms with Crippen LogP contribution in [0.5, 0.6) is 17.2 Å². The van der Waals surface area contributed by atoms with Gasteiger partial charge in [-0.05, 0) is 61.9 Å².